The summed E-state index contributed by atoms with van der Waals surface area (Å²) in [7, 11) is 0. The van der Waals surface area contributed by atoms with Gasteiger partial charge in [0, 0.05) is 0 Å². The van der Waals surface area contributed by atoms with Crippen molar-refractivity contribution in [1.29, 1.82) is 0 Å². The molecule has 0 aliphatic carbocycles. The predicted molar refractivity (Wildman–Crippen MR) is 60.2 cm³/mol. The number of hydrogen-bond donors (Lipinski definition) is 6. The van der Waals surface area contributed by atoms with E-state index in [-0.39, 0.29) is 6.61 Å². The lowest BCUT2D eigenvalue weighted by atomic mass is 10.3. The van der Waals surface area contributed by atoms with Crippen LogP contribution in [-0.4, -0.2) is 50.1 Å². The van der Waals surface area contributed by atoms with Crippen molar-refractivity contribution in [3.8, 4) is 0 Å². The molecule has 0 saturated carbocycles. The van der Waals surface area contributed by atoms with Crippen LogP contribution < -0.4 is 0 Å². The number of aliphatic carboxylic acids is 1. The predicted octanol–water partition coefficient (Wildman–Crippen LogP) is -0.747. The van der Waals surface area contributed by atoms with Gasteiger partial charge in [-0.2, -0.15) is 0 Å². The van der Waals surface area contributed by atoms with Gasteiger partial charge in [-0.25, -0.2) is 4.79 Å². The average molecular weight is 260 g/mol. The van der Waals surface area contributed by atoms with Gasteiger partial charge < -0.3 is 20.1 Å². The fourth-order valence-electron chi connectivity index (χ4n) is 0.609. The molecule has 0 aliphatic heterocycles. The Morgan fingerprint density at radius 3 is 2.21 bits per heavy atom. The van der Waals surface area contributed by atoms with Gasteiger partial charge in [0.15, 0.2) is 6.10 Å². The summed E-state index contributed by atoms with van der Waals surface area (Å²) in [6.07, 6.45) is -2.52. The van der Waals surface area contributed by atoms with E-state index >= 15 is 0 Å². The fraction of sp³-hybridized carbons (Fsp3) is 0.833. The van der Waals surface area contributed by atoms with Crippen molar-refractivity contribution < 1.29 is 24.9 Å². The lowest BCUT2D eigenvalue weighted by Crippen LogP contribution is -2.39. The van der Waals surface area contributed by atoms with Crippen molar-refractivity contribution in [1.82, 2.24) is 0 Å². The van der Waals surface area contributed by atoms with Gasteiger partial charge in [-0.05, 0) is 0 Å². The molecular weight excluding hydrogens is 248 g/mol. The van der Waals surface area contributed by atoms with E-state index in [1.54, 1.807) is 0 Å². The number of ether oxygens (including phenoxy) is 1. The first-order chi connectivity index (χ1) is 6.29. The minimum absolute atomic E-state index is 0.323. The van der Waals surface area contributed by atoms with Crippen molar-refractivity contribution in [2.24, 2.45) is 0 Å². The highest BCUT2D eigenvalue weighted by molar-refractivity contribution is 8.17. The maximum Gasteiger partial charge on any atom is 0.336 e. The van der Waals surface area contributed by atoms with Gasteiger partial charge in [-0.3, -0.25) is 0 Å². The van der Waals surface area contributed by atoms with E-state index in [9.17, 15) is 4.79 Å². The van der Waals surface area contributed by atoms with E-state index in [1.807, 2.05) is 0 Å². The van der Waals surface area contributed by atoms with Crippen LogP contribution in [0.25, 0.3) is 0 Å². The van der Waals surface area contributed by atoms with Gasteiger partial charge in [0.05, 0.1) is 13.2 Å². The molecule has 5 nitrogen and oxygen atoms in total. The molecule has 0 aromatic heterocycles. The molecule has 0 saturated heterocycles. The third-order valence-electron chi connectivity index (χ3n) is 1.24. The summed E-state index contributed by atoms with van der Waals surface area (Å²) >= 11 is 11.4. The third kappa shape index (κ3) is 5.32. The molecule has 0 radical (unpaired) electrons. The summed E-state index contributed by atoms with van der Waals surface area (Å²) in [5.74, 6) is -1.30. The van der Waals surface area contributed by atoms with Crippen molar-refractivity contribution in [2.75, 3.05) is 13.2 Å². The highest BCUT2D eigenvalue weighted by atomic mass is 32.2. The first-order valence-corrected chi connectivity index (χ1v) is 4.93. The Balaban J connectivity index is 4.19. The largest absolute Gasteiger partial charge is 0.479 e. The molecule has 0 bridgehead atoms. The van der Waals surface area contributed by atoms with Gasteiger partial charge in [-0.1, -0.05) is 0 Å². The Bertz CT molecular complexity index is 192. The number of rotatable bonds is 6. The van der Waals surface area contributed by atoms with Crippen molar-refractivity contribution in [3.63, 3.8) is 0 Å². The van der Waals surface area contributed by atoms with Crippen LogP contribution >= 0.6 is 37.9 Å². The lowest BCUT2D eigenvalue weighted by molar-refractivity contribution is -0.151. The number of thiol groups is 3. The normalized spacial score (nSPS) is 16.4. The van der Waals surface area contributed by atoms with Crippen LogP contribution in [0.1, 0.15) is 0 Å². The maximum atomic E-state index is 10.6. The van der Waals surface area contributed by atoms with Crippen LogP contribution in [0.2, 0.25) is 0 Å². The molecule has 0 aromatic rings. The summed E-state index contributed by atoms with van der Waals surface area (Å²) in [6.45, 7) is -0.831. The lowest BCUT2D eigenvalue weighted by Gasteiger charge is -2.24. The molecule has 2 atom stereocenters. The second-order valence-corrected chi connectivity index (χ2v) is 5.75. The van der Waals surface area contributed by atoms with Gasteiger partial charge in [0.2, 0.25) is 0 Å². The van der Waals surface area contributed by atoms with Crippen molar-refractivity contribution in [2.45, 2.75) is 15.6 Å². The number of carbonyl (C=O) groups is 1. The Morgan fingerprint density at radius 2 is 1.93 bits per heavy atom. The van der Waals surface area contributed by atoms with E-state index in [0.29, 0.717) is 0 Å². The van der Waals surface area contributed by atoms with Crippen LogP contribution in [0.15, 0.2) is 0 Å². The average Bonchev–Trinajstić information content (AvgIpc) is 2.01. The molecule has 3 N–H and O–H groups in total. The SMILES string of the molecule is O=C(O)C(OCC(O)CO)C(S)(S)S. The maximum absolute atomic E-state index is 10.6. The van der Waals surface area contributed by atoms with E-state index in [2.05, 4.69) is 37.9 Å². The van der Waals surface area contributed by atoms with Gasteiger partial charge in [0.1, 0.15) is 9.52 Å². The molecule has 0 aliphatic rings. The van der Waals surface area contributed by atoms with Gasteiger partial charge >= 0.3 is 5.97 Å². The van der Waals surface area contributed by atoms with Crippen LogP contribution in [-0.2, 0) is 9.53 Å². The van der Waals surface area contributed by atoms with Crippen LogP contribution in [0.5, 0.6) is 0 Å². The second kappa shape index (κ2) is 6.09. The fourth-order valence-corrected chi connectivity index (χ4v) is 1.16. The Morgan fingerprint density at radius 1 is 1.43 bits per heavy atom. The molecule has 8 heteroatoms. The van der Waals surface area contributed by atoms with Gasteiger partial charge in [0.25, 0.3) is 0 Å². The van der Waals surface area contributed by atoms with E-state index in [4.69, 9.17) is 20.1 Å². The van der Waals surface area contributed by atoms with E-state index in [1.165, 1.54) is 0 Å². The zero-order chi connectivity index (χ0) is 11.4. The molecule has 0 spiro atoms. The Labute approximate surface area is 97.7 Å². The second-order valence-electron chi connectivity index (χ2n) is 2.58. The Kier molecular flexibility index (Phi) is 6.26. The summed E-state index contributed by atoms with van der Waals surface area (Å²) in [6, 6.07) is 0. The van der Waals surface area contributed by atoms with Crippen molar-refractivity contribution in [3.05, 3.63) is 0 Å². The van der Waals surface area contributed by atoms with E-state index < -0.39 is 28.2 Å². The summed E-state index contributed by atoms with van der Waals surface area (Å²) in [5, 5.41) is 26.0. The smallest absolute Gasteiger partial charge is 0.336 e. The monoisotopic (exact) mass is 260 g/mol. The topological polar surface area (TPSA) is 87.0 Å². The number of carboxylic acid groups (broad SMARTS) is 1. The standard InChI is InChI=1S/C6H12O5S3/c7-1-3(8)2-11-4(5(9)10)6(12,13)14/h3-4,7-8,12-14H,1-2H2,(H,9,10). The zero-order valence-electron chi connectivity index (χ0n) is 7.07. The first-order valence-electron chi connectivity index (χ1n) is 3.59. The summed E-state index contributed by atoms with van der Waals surface area (Å²) in [4.78, 5) is 10.6. The highest BCUT2D eigenvalue weighted by Crippen LogP contribution is 2.30. The number of hydrogen-bond acceptors (Lipinski definition) is 7. The molecule has 84 valence electrons. The summed E-state index contributed by atoms with van der Waals surface area (Å²) < 4.78 is 3.32. The van der Waals surface area contributed by atoms with Gasteiger partial charge in [-0.15, -0.1) is 37.9 Å². The van der Waals surface area contributed by atoms with Crippen LogP contribution in [0, 0.1) is 0 Å². The third-order valence-corrected chi connectivity index (χ3v) is 1.95. The highest BCUT2D eigenvalue weighted by Gasteiger charge is 2.35. The van der Waals surface area contributed by atoms with Crippen LogP contribution in [0.4, 0.5) is 0 Å². The molecule has 0 fully saturated rings. The number of aliphatic hydroxyl groups excluding tert-OH is 2. The molecule has 0 rings (SSSR count). The molecule has 0 amide bonds. The minimum atomic E-state index is -1.46. The molecule has 2 unspecified atom stereocenters. The first kappa shape index (κ1) is 14.4. The minimum Gasteiger partial charge on any atom is -0.479 e. The molecule has 14 heavy (non-hydrogen) atoms. The van der Waals surface area contributed by atoms with E-state index in [0.717, 1.165) is 0 Å². The zero-order valence-corrected chi connectivity index (χ0v) is 9.75. The quantitative estimate of drug-likeness (QED) is 0.280. The number of carboxylic acids is 1. The number of aliphatic hydroxyl groups is 2. The van der Waals surface area contributed by atoms with Crippen LogP contribution in [0.3, 0.4) is 0 Å². The summed E-state index contributed by atoms with van der Waals surface area (Å²) in [5.41, 5.74) is 0. The van der Waals surface area contributed by atoms with Crippen molar-refractivity contribution >= 4 is 43.9 Å². The molecular formula is C6H12O5S3. The molecule has 0 aromatic carbocycles. The Hall–Kier alpha value is 0.400. The molecule has 0 heterocycles.